The first-order valence-corrected chi connectivity index (χ1v) is 41.6. The average molecular weight is 1720 g/mol. The third-order valence-electron chi connectivity index (χ3n) is 23.7. The maximum absolute atomic E-state index is 16.6. The van der Waals surface area contributed by atoms with E-state index in [1.807, 2.05) is 27.7 Å². The fourth-order valence-electron chi connectivity index (χ4n) is 17.8. The number of aromatic hydroxyl groups is 3. The third-order valence-corrected chi connectivity index (χ3v) is 24.0. The molecule has 0 spiro atoms. The molecule has 0 unspecified atom stereocenters. The summed E-state index contributed by atoms with van der Waals surface area (Å²) < 4.78 is 43.8. The summed E-state index contributed by atoms with van der Waals surface area (Å²) >= 11 is 7.24. The van der Waals surface area contributed by atoms with Gasteiger partial charge in [-0.05, 0) is 201 Å². The van der Waals surface area contributed by atoms with E-state index in [0.29, 0.717) is 38.0 Å². The molecule has 7 aliphatic heterocycles. The number of rotatable bonds is 22. The van der Waals surface area contributed by atoms with Crippen molar-refractivity contribution in [3.8, 4) is 68.6 Å². The van der Waals surface area contributed by atoms with E-state index in [4.69, 9.17) is 44.8 Å². The van der Waals surface area contributed by atoms with Gasteiger partial charge in [0.25, 0.3) is 5.91 Å². The monoisotopic (exact) mass is 1720 g/mol. The lowest BCUT2D eigenvalue weighted by molar-refractivity contribution is -0.275. The second kappa shape index (κ2) is 37.6. The van der Waals surface area contributed by atoms with Gasteiger partial charge < -0.3 is 127 Å². The molecule has 123 heavy (non-hydrogen) atoms. The first-order valence-electron chi connectivity index (χ1n) is 41.2. The molecular formula is C86H101ClN12O24. The number of aliphatic hydroxyl groups excluding tert-OH is 4. The van der Waals surface area contributed by atoms with E-state index in [1.54, 1.807) is 0 Å². The largest absolute Gasteiger partial charge is 0.508 e. The van der Waals surface area contributed by atoms with Crippen LogP contribution < -0.4 is 87.5 Å². The molecule has 10 amide bonds. The van der Waals surface area contributed by atoms with E-state index in [9.17, 15) is 54.9 Å². The predicted molar refractivity (Wildman–Crippen MR) is 437 cm³/mol. The molecule has 2 saturated heterocycles. The smallest absolute Gasteiger partial charge is 0.407 e. The Hall–Kier alpha value is -11.6. The van der Waals surface area contributed by atoms with Gasteiger partial charge in [-0.2, -0.15) is 0 Å². The lowest BCUT2D eigenvalue weighted by Gasteiger charge is -2.54. The molecular weight excluding hydrogens is 1620 g/mol. The van der Waals surface area contributed by atoms with Gasteiger partial charge in [0.15, 0.2) is 29.1 Å². The van der Waals surface area contributed by atoms with Crippen molar-refractivity contribution in [2.75, 3.05) is 53.0 Å². The van der Waals surface area contributed by atoms with E-state index >= 15 is 28.8 Å². The fraction of sp³-hybridized carbons (Fsp3) is 0.465. The van der Waals surface area contributed by atoms with Crippen molar-refractivity contribution in [3.05, 3.63) is 141 Å². The summed E-state index contributed by atoms with van der Waals surface area (Å²) in [7, 11) is 1.50. The van der Waals surface area contributed by atoms with E-state index < -0.39 is 191 Å². The number of nitrogens with one attached hydrogen (secondary N) is 12. The SMILES string of the molecule is CCNCCOc1ccc(C(=O)NC(=O)C[C@@H]2NC(=O)[C@H](NC(=O)[C@@H](CC(C)C)NC)[C@H](O)c3ccc(c(C)c3)Oc3cc4cc(c3O[C@@H]3O[C@@H]5CNC(=O)O[C@H]5[C@H](O)[C@H]3O)Oc3ccc(cc3Cl)[C@@H](O)[C@@H]3NC(=O)[C@H](NC(=O)[C@@H]4NC2=O)c2ccc(O)c(c2)-c2c(O)cc(O)cc2[C@@H](C(=O)NC2C4CC5CC(C4)CC2C5)NC3=O)cc1OCCNCC. The number of aryl methyl sites for hydroxylation is 1. The highest BCUT2D eigenvalue weighted by atomic mass is 35.5. The number of benzene rings is 6. The summed E-state index contributed by atoms with van der Waals surface area (Å²) in [6, 6.07) is 4.99. The van der Waals surface area contributed by atoms with E-state index in [0.717, 1.165) is 74.6 Å². The molecule has 0 aromatic heterocycles. The van der Waals surface area contributed by atoms with Gasteiger partial charge in [-0.1, -0.05) is 57.5 Å². The second-order valence-corrected chi connectivity index (χ2v) is 33.1. The Balaban J connectivity index is 0.937. The van der Waals surface area contributed by atoms with Crippen LogP contribution in [-0.4, -0.2) is 209 Å². The van der Waals surface area contributed by atoms with Gasteiger partial charge in [0.1, 0.15) is 109 Å². The molecule has 37 heteroatoms. The predicted octanol–water partition coefficient (Wildman–Crippen LogP) is 3.58. The van der Waals surface area contributed by atoms with Crippen molar-refractivity contribution in [3.63, 3.8) is 0 Å². The minimum atomic E-state index is -2.36. The van der Waals surface area contributed by atoms with E-state index in [-0.39, 0.29) is 123 Å². The Labute approximate surface area is 711 Å². The van der Waals surface area contributed by atoms with Crippen molar-refractivity contribution in [1.29, 1.82) is 0 Å². The van der Waals surface area contributed by atoms with Crippen molar-refractivity contribution in [2.45, 2.75) is 171 Å². The van der Waals surface area contributed by atoms with Crippen LogP contribution in [0.15, 0.2) is 97.1 Å². The Morgan fingerprint density at radius 1 is 0.626 bits per heavy atom. The van der Waals surface area contributed by atoms with Crippen LogP contribution >= 0.6 is 11.6 Å². The van der Waals surface area contributed by atoms with Gasteiger partial charge in [-0.3, -0.25) is 48.5 Å². The summed E-state index contributed by atoms with van der Waals surface area (Å²) in [5.74, 6) is -13.5. The summed E-state index contributed by atoms with van der Waals surface area (Å²) in [4.78, 5) is 152. The molecule has 17 rings (SSSR count). The van der Waals surface area contributed by atoms with Crippen molar-refractivity contribution in [1.82, 2.24) is 63.8 Å². The molecule has 6 aromatic rings. The zero-order chi connectivity index (χ0) is 87.5. The van der Waals surface area contributed by atoms with Crippen LogP contribution in [0, 0.1) is 36.5 Å². The van der Waals surface area contributed by atoms with Gasteiger partial charge in [0, 0.05) is 41.9 Å². The molecule has 15 bridgehead atoms. The highest BCUT2D eigenvalue weighted by Crippen LogP contribution is 2.55. The Morgan fingerprint density at radius 2 is 1.27 bits per heavy atom. The van der Waals surface area contributed by atoms with Crippen LogP contribution in [0.2, 0.25) is 5.02 Å². The lowest BCUT2D eigenvalue weighted by atomic mass is 9.54. The van der Waals surface area contributed by atoms with E-state index in [1.165, 1.54) is 68.6 Å². The number of fused-ring (bicyclic) bond motifs is 16. The number of aliphatic hydroxyl groups is 4. The van der Waals surface area contributed by atoms with Gasteiger partial charge in [-0.15, -0.1) is 0 Å². The van der Waals surface area contributed by atoms with Crippen molar-refractivity contribution in [2.24, 2.45) is 29.6 Å². The molecule has 14 atom stereocenters. The molecule has 36 nitrogen and oxygen atoms in total. The maximum atomic E-state index is 16.6. The van der Waals surface area contributed by atoms with Gasteiger partial charge in [-0.25, -0.2) is 4.79 Å². The highest BCUT2D eigenvalue weighted by molar-refractivity contribution is 6.32. The molecule has 6 fully saturated rings. The number of phenols is 3. The van der Waals surface area contributed by atoms with Crippen LogP contribution in [0.4, 0.5) is 4.79 Å². The molecule has 19 N–H and O–H groups in total. The van der Waals surface area contributed by atoms with Crippen LogP contribution in [0.3, 0.4) is 0 Å². The number of hydrogen-bond acceptors (Lipinski definition) is 27. The molecule has 6 aromatic carbocycles. The number of likely N-dealkylation sites (N-methyl/N-ethyl adjacent to an activating group) is 3. The quantitative estimate of drug-likeness (QED) is 0.0432. The topological polar surface area (TPSA) is 521 Å². The lowest BCUT2D eigenvalue weighted by Crippen LogP contribution is -2.65. The van der Waals surface area contributed by atoms with Gasteiger partial charge in [0.2, 0.25) is 59.3 Å². The number of hydrogen-bond donors (Lipinski definition) is 19. The summed E-state index contributed by atoms with van der Waals surface area (Å²) in [6.07, 6.45) is -10.3. The van der Waals surface area contributed by atoms with E-state index in [2.05, 4.69) is 63.8 Å². The Kier molecular flexibility index (Phi) is 26.8. The maximum Gasteiger partial charge on any atom is 0.407 e. The number of ether oxygens (including phenoxy) is 7. The number of halogens is 1. The van der Waals surface area contributed by atoms with Crippen LogP contribution in [0.25, 0.3) is 11.1 Å². The van der Waals surface area contributed by atoms with Crippen LogP contribution in [-0.2, 0) is 47.8 Å². The zero-order valence-electron chi connectivity index (χ0n) is 68.1. The van der Waals surface area contributed by atoms with Gasteiger partial charge >= 0.3 is 6.09 Å². The van der Waals surface area contributed by atoms with Crippen LogP contribution in [0.1, 0.15) is 147 Å². The fourth-order valence-corrected chi connectivity index (χ4v) is 18.0. The third kappa shape index (κ3) is 19.3. The number of carbonyl (C=O) groups excluding carboxylic acids is 10. The molecule has 7 heterocycles. The summed E-state index contributed by atoms with van der Waals surface area (Å²) in [6.45, 7) is 11.2. The van der Waals surface area contributed by atoms with Crippen LogP contribution in [0.5, 0.6) is 57.5 Å². The summed E-state index contributed by atoms with van der Waals surface area (Å²) in [5.41, 5.74) is -1.93. The molecule has 4 saturated carbocycles. The minimum Gasteiger partial charge on any atom is -0.508 e. The Morgan fingerprint density at radius 3 is 1.93 bits per heavy atom. The average Bonchev–Trinajstić information content (AvgIpc) is 0.754. The highest BCUT2D eigenvalue weighted by Gasteiger charge is 2.53. The summed E-state index contributed by atoms with van der Waals surface area (Å²) in [5, 5.41) is 117. The first-order chi connectivity index (χ1) is 58.9. The molecule has 656 valence electrons. The van der Waals surface area contributed by atoms with Gasteiger partial charge in [0.05, 0.1) is 24.0 Å². The normalized spacial score (nSPS) is 27.3. The number of imide groups is 1. The number of carbonyl (C=O) groups is 10. The zero-order valence-corrected chi connectivity index (χ0v) is 68.9. The second-order valence-electron chi connectivity index (χ2n) is 32.7. The minimum absolute atomic E-state index is 0.0464. The number of amides is 10. The molecule has 0 radical (unpaired) electrons. The Bertz CT molecular complexity index is 5050. The molecule has 4 aliphatic carbocycles. The van der Waals surface area contributed by atoms with Crippen molar-refractivity contribution < 1.29 is 117 Å². The standard InChI is InChI=1S/C86H101ClN12O24/c1-7-89-17-19-117-58-16-12-44(30-59(58)118-20-18-90-8-2)77(108)93-63(103)35-53-79(110)95-67-47-31-60(119-56-14-10-42(22-38(56)5)71(104)69(83(114)92-53)98-78(109)52(88-6)21-37(3)4)75(122-85-74(107)73(106)76-62(121-85)36-91-86(116)123-76)61(32-47)120-57-15-11-43(29-51(57)87)72(105)70-84(115)97-68(82(113)94-65-45-24-39-23-40(26-45)27-46(65)25-39)50-33-48(100)34-55(102)64(50)49-28-41(9-13-54(49)101)66(80(111)99-70)96-81(67)112/h9-16,22,28-34,37,39-40,45-46,52-53,62,65-74,76,85,88-90,100-102,104-107H,7-8,17-21,23-27,35-36H2,1-6H3,(H,91,116)(H,92,114)(H,94,113)(H,95,110)(H,96,112)(H,97,115)(H,98,109)(H,99,111)(H,93,103,108)/t39?,40?,45?,46?,52-,53+,62-,65?,66-,67-,68+,69-,70+,71-,72-,73-,74-,76-,85+/m1/s1. The first kappa shape index (κ1) is 87.7. The number of phenolic OH excluding ortho intramolecular Hbond substituents is 3. The van der Waals surface area contributed by atoms with Crippen molar-refractivity contribution >= 4 is 70.9 Å². The number of alkyl carbamates (subject to hydrolysis) is 1. The molecule has 11 aliphatic rings.